The number of fused-ring (bicyclic) bond motifs is 1. The van der Waals surface area contributed by atoms with Crippen molar-refractivity contribution in [1.29, 1.82) is 0 Å². The number of halogens is 3. The number of hydrogen-bond acceptors (Lipinski definition) is 3. The molecule has 2 heterocycles. The first-order valence-electron chi connectivity index (χ1n) is 13.2. The summed E-state index contributed by atoms with van der Waals surface area (Å²) < 4.78 is 42.1. The van der Waals surface area contributed by atoms with E-state index in [9.17, 15) is 27.6 Å². The van der Waals surface area contributed by atoms with E-state index in [4.69, 9.17) is 0 Å². The zero-order chi connectivity index (χ0) is 26.8. The number of imide groups is 1. The minimum atomic E-state index is -0.914. The van der Waals surface area contributed by atoms with E-state index in [0.29, 0.717) is 35.9 Å². The predicted molar refractivity (Wildman–Crippen MR) is 136 cm³/mol. The molecule has 1 unspecified atom stereocenters. The molecule has 1 saturated heterocycles. The Kier molecular flexibility index (Phi) is 7.53. The Morgan fingerprint density at radius 1 is 0.947 bits per heavy atom. The third kappa shape index (κ3) is 5.61. The van der Waals surface area contributed by atoms with Gasteiger partial charge in [0, 0.05) is 30.1 Å². The molecule has 1 aliphatic heterocycles. The number of hydrogen-bond donors (Lipinski definition) is 3. The van der Waals surface area contributed by atoms with Crippen molar-refractivity contribution >= 4 is 28.6 Å². The topological polar surface area (TPSA) is 91.1 Å². The average Bonchev–Trinajstić information content (AvgIpc) is 3.38. The van der Waals surface area contributed by atoms with E-state index in [2.05, 4.69) is 15.6 Å². The second-order valence-corrected chi connectivity index (χ2v) is 10.5. The maximum atomic E-state index is 14.5. The van der Waals surface area contributed by atoms with Crippen LogP contribution in [0.25, 0.3) is 22.2 Å². The van der Waals surface area contributed by atoms with Gasteiger partial charge in [0.25, 0.3) is 0 Å². The van der Waals surface area contributed by atoms with Crippen LogP contribution in [-0.4, -0.2) is 29.3 Å². The van der Waals surface area contributed by atoms with E-state index in [1.165, 1.54) is 18.2 Å². The molecular formula is C29H30F3N3O3. The summed E-state index contributed by atoms with van der Waals surface area (Å²) >= 11 is 0. The van der Waals surface area contributed by atoms with E-state index >= 15 is 0 Å². The third-order valence-corrected chi connectivity index (χ3v) is 7.76. The quantitative estimate of drug-likeness (QED) is 0.194. The van der Waals surface area contributed by atoms with Gasteiger partial charge in [-0.2, -0.15) is 0 Å². The molecule has 0 spiro atoms. The highest BCUT2D eigenvalue weighted by atomic mass is 19.1. The van der Waals surface area contributed by atoms with E-state index in [1.54, 1.807) is 12.1 Å². The van der Waals surface area contributed by atoms with E-state index in [0.717, 1.165) is 55.7 Å². The number of nitrogens with one attached hydrogen (secondary N) is 3. The van der Waals surface area contributed by atoms with E-state index in [-0.39, 0.29) is 17.8 Å². The van der Waals surface area contributed by atoms with Gasteiger partial charge in [-0.3, -0.25) is 19.7 Å². The van der Waals surface area contributed by atoms with Gasteiger partial charge in [-0.25, -0.2) is 13.2 Å². The summed E-state index contributed by atoms with van der Waals surface area (Å²) in [5.41, 5.74) is 2.57. The lowest BCUT2D eigenvalue weighted by Gasteiger charge is -2.36. The van der Waals surface area contributed by atoms with Gasteiger partial charge in [-0.05, 0) is 79.0 Å². The first-order valence-corrected chi connectivity index (χ1v) is 13.2. The van der Waals surface area contributed by atoms with Gasteiger partial charge < -0.3 is 10.3 Å². The minimum absolute atomic E-state index is 0.0820. The molecule has 200 valence electrons. The first kappa shape index (κ1) is 26.0. The molecule has 1 aromatic heterocycles. The van der Waals surface area contributed by atoms with E-state index < -0.39 is 35.3 Å². The molecule has 9 heteroatoms. The number of aromatic amines is 1. The molecule has 1 atom stereocenters. The molecule has 2 fully saturated rings. The minimum Gasteiger partial charge on any atom is -0.355 e. The largest absolute Gasteiger partial charge is 0.355 e. The standard InChI is InChI=1S/C29H30F3N3O3/c30-19-7-5-18(6-8-19)26-21(22-13-20(31)14-24(32)27(22)35-26)12-17-10-16(11-17)4-2-1-3-9-33-28(37)23-15-25(36)34-29(23)38/h5-8,13-14,16-17,23,35H,1-4,9-12,15H2,(H,33,37)(H,34,36,38). The van der Waals surface area contributed by atoms with Crippen LogP contribution in [0.2, 0.25) is 0 Å². The highest BCUT2D eigenvalue weighted by molar-refractivity contribution is 6.13. The van der Waals surface area contributed by atoms with Crippen molar-refractivity contribution in [3.8, 4) is 11.3 Å². The number of carbonyl (C=O) groups is 3. The summed E-state index contributed by atoms with van der Waals surface area (Å²) in [6, 6.07) is 8.24. The van der Waals surface area contributed by atoms with Crippen LogP contribution in [0.1, 0.15) is 50.5 Å². The fourth-order valence-electron chi connectivity index (χ4n) is 5.75. The van der Waals surface area contributed by atoms with Crippen molar-refractivity contribution in [2.75, 3.05) is 6.54 Å². The summed E-state index contributed by atoms with van der Waals surface area (Å²) in [4.78, 5) is 37.9. The van der Waals surface area contributed by atoms with Gasteiger partial charge in [0.2, 0.25) is 17.7 Å². The molecule has 5 rings (SSSR count). The smallest absolute Gasteiger partial charge is 0.239 e. The lowest BCUT2D eigenvalue weighted by molar-refractivity contribution is -0.132. The normalized spacial score (nSPS) is 21.0. The van der Waals surface area contributed by atoms with Crippen LogP contribution in [-0.2, 0) is 20.8 Å². The van der Waals surface area contributed by atoms with Crippen molar-refractivity contribution in [2.24, 2.45) is 17.8 Å². The third-order valence-electron chi connectivity index (χ3n) is 7.76. The number of H-pyrrole nitrogens is 1. The number of aromatic nitrogens is 1. The number of unbranched alkanes of at least 4 members (excludes halogenated alkanes) is 2. The van der Waals surface area contributed by atoms with Crippen molar-refractivity contribution in [1.82, 2.24) is 15.6 Å². The second kappa shape index (κ2) is 11.0. The van der Waals surface area contributed by atoms with Crippen LogP contribution in [0.3, 0.4) is 0 Å². The molecule has 3 N–H and O–H groups in total. The Balaban J connectivity index is 1.10. The molecule has 3 aromatic rings. The van der Waals surface area contributed by atoms with Crippen LogP contribution in [0, 0.1) is 35.2 Å². The molecule has 38 heavy (non-hydrogen) atoms. The first-order chi connectivity index (χ1) is 18.3. The molecule has 2 aromatic carbocycles. The molecule has 2 aliphatic rings. The maximum absolute atomic E-state index is 14.5. The Labute approximate surface area is 218 Å². The van der Waals surface area contributed by atoms with E-state index in [1.807, 2.05) is 0 Å². The monoisotopic (exact) mass is 525 g/mol. The summed E-state index contributed by atoms with van der Waals surface area (Å²) in [5.74, 6) is -2.87. The van der Waals surface area contributed by atoms with Crippen molar-refractivity contribution in [3.05, 3.63) is 59.4 Å². The lowest BCUT2D eigenvalue weighted by Crippen LogP contribution is -2.35. The number of carbonyl (C=O) groups excluding carboxylic acids is 3. The zero-order valence-corrected chi connectivity index (χ0v) is 20.9. The average molecular weight is 526 g/mol. The number of benzene rings is 2. The second-order valence-electron chi connectivity index (χ2n) is 10.5. The van der Waals surface area contributed by atoms with Gasteiger partial charge in [-0.15, -0.1) is 0 Å². The summed E-state index contributed by atoms with van der Waals surface area (Å²) in [7, 11) is 0. The molecule has 1 aliphatic carbocycles. The van der Waals surface area contributed by atoms with Gasteiger partial charge in [0.15, 0.2) is 0 Å². The number of amides is 3. The Bertz CT molecular complexity index is 1360. The maximum Gasteiger partial charge on any atom is 0.239 e. The van der Waals surface area contributed by atoms with Crippen molar-refractivity contribution in [3.63, 3.8) is 0 Å². The Morgan fingerprint density at radius 3 is 2.42 bits per heavy atom. The molecule has 6 nitrogen and oxygen atoms in total. The van der Waals surface area contributed by atoms with Crippen LogP contribution in [0.5, 0.6) is 0 Å². The van der Waals surface area contributed by atoms with Crippen LogP contribution in [0.15, 0.2) is 36.4 Å². The molecule has 1 saturated carbocycles. The number of rotatable bonds is 10. The molecule has 3 amide bonds. The van der Waals surface area contributed by atoms with Crippen molar-refractivity contribution in [2.45, 2.75) is 51.4 Å². The SMILES string of the molecule is O=C1CC(C(=O)NCCCCCC2CC(Cc3c(-c4ccc(F)cc4)[nH]c4c(F)cc(F)cc34)C2)C(=O)N1. The highest BCUT2D eigenvalue weighted by Crippen LogP contribution is 2.42. The summed E-state index contributed by atoms with van der Waals surface area (Å²) in [5, 5.41) is 5.41. The van der Waals surface area contributed by atoms with Gasteiger partial charge in [-0.1, -0.05) is 19.3 Å². The van der Waals surface area contributed by atoms with Crippen LogP contribution in [0.4, 0.5) is 13.2 Å². The summed E-state index contributed by atoms with van der Waals surface area (Å²) in [6.07, 6.45) is 6.54. The fraction of sp³-hybridized carbons (Fsp3) is 0.414. The van der Waals surface area contributed by atoms with Crippen LogP contribution < -0.4 is 10.6 Å². The fourth-order valence-corrected chi connectivity index (χ4v) is 5.75. The van der Waals surface area contributed by atoms with Crippen LogP contribution >= 0.6 is 0 Å². The van der Waals surface area contributed by atoms with Crippen molar-refractivity contribution < 1.29 is 27.6 Å². The van der Waals surface area contributed by atoms with Gasteiger partial charge in [0.1, 0.15) is 23.4 Å². The predicted octanol–water partition coefficient (Wildman–Crippen LogP) is 5.16. The molecular weight excluding hydrogens is 495 g/mol. The lowest BCUT2D eigenvalue weighted by atomic mass is 9.70. The summed E-state index contributed by atoms with van der Waals surface area (Å²) in [6.45, 7) is 0.476. The Morgan fingerprint density at radius 2 is 1.71 bits per heavy atom. The Hall–Kier alpha value is -3.62. The zero-order valence-electron chi connectivity index (χ0n) is 20.9. The molecule has 0 bridgehead atoms. The van der Waals surface area contributed by atoms with Gasteiger partial charge >= 0.3 is 0 Å². The van der Waals surface area contributed by atoms with Gasteiger partial charge in [0.05, 0.1) is 5.52 Å². The highest BCUT2D eigenvalue weighted by Gasteiger charge is 2.36. The molecule has 0 radical (unpaired) electrons.